The highest BCUT2D eigenvalue weighted by Gasteiger charge is 2.24. The Labute approximate surface area is 167 Å². The highest BCUT2D eigenvalue weighted by atomic mass is 16.5. The Bertz CT molecular complexity index is 771. The second-order valence-corrected chi connectivity index (χ2v) is 7.08. The van der Waals surface area contributed by atoms with Gasteiger partial charge in [0.1, 0.15) is 12.1 Å². The fourth-order valence-electron chi connectivity index (χ4n) is 3.66. The molecule has 0 spiro atoms. The number of anilines is 1. The lowest BCUT2D eigenvalue weighted by Gasteiger charge is -2.38. The van der Waals surface area contributed by atoms with Crippen molar-refractivity contribution >= 4 is 5.82 Å². The van der Waals surface area contributed by atoms with E-state index in [9.17, 15) is 0 Å². The van der Waals surface area contributed by atoms with E-state index in [0.29, 0.717) is 11.9 Å². The molecule has 1 atom stereocenters. The van der Waals surface area contributed by atoms with Crippen molar-refractivity contribution < 1.29 is 14.2 Å². The Morgan fingerprint density at radius 1 is 1.07 bits per heavy atom. The largest absolute Gasteiger partial charge is 0.493 e. The van der Waals surface area contributed by atoms with Crippen LogP contribution in [0.2, 0.25) is 0 Å². The molecule has 0 radical (unpaired) electrons. The summed E-state index contributed by atoms with van der Waals surface area (Å²) < 4.78 is 16.0. The van der Waals surface area contributed by atoms with Crippen molar-refractivity contribution in [2.24, 2.45) is 0 Å². The van der Waals surface area contributed by atoms with Crippen LogP contribution < -0.4 is 19.1 Å². The first-order chi connectivity index (χ1) is 13.6. The molecule has 3 rings (SSSR count). The molecule has 0 amide bonds. The predicted molar refractivity (Wildman–Crippen MR) is 110 cm³/mol. The van der Waals surface area contributed by atoms with Gasteiger partial charge in [-0.1, -0.05) is 6.07 Å². The molecule has 152 valence electrons. The lowest BCUT2D eigenvalue weighted by Crippen LogP contribution is -2.47. The van der Waals surface area contributed by atoms with E-state index in [4.69, 9.17) is 14.2 Å². The van der Waals surface area contributed by atoms with Crippen LogP contribution in [0.1, 0.15) is 18.4 Å². The van der Waals surface area contributed by atoms with Gasteiger partial charge in [-0.3, -0.25) is 0 Å². The molecular weight excluding hydrogens is 356 g/mol. The third-order valence-corrected chi connectivity index (χ3v) is 5.38. The first-order valence-corrected chi connectivity index (χ1v) is 9.66. The molecule has 0 aliphatic carbocycles. The molecule has 1 aromatic heterocycles. The topological polar surface area (TPSA) is 60.0 Å². The van der Waals surface area contributed by atoms with Crippen LogP contribution in [-0.4, -0.2) is 68.9 Å². The quantitative estimate of drug-likeness (QED) is 0.691. The first-order valence-electron chi connectivity index (χ1n) is 9.66. The minimum atomic E-state index is 0.495. The summed E-state index contributed by atoms with van der Waals surface area (Å²) in [4.78, 5) is 13.3. The van der Waals surface area contributed by atoms with Gasteiger partial charge in [0.25, 0.3) is 0 Å². The van der Waals surface area contributed by atoms with Crippen LogP contribution in [0.5, 0.6) is 17.4 Å². The fraction of sp³-hybridized carbons (Fsp3) is 0.524. The summed E-state index contributed by atoms with van der Waals surface area (Å²) in [6.07, 6.45) is 4.88. The van der Waals surface area contributed by atoms with Gasteiger partial charge in [0.05, 0.1) is 21.3 Å². The standard InChI is InChI=1S/C21H30N4O3/c1-24(11-9-16-7-8-18(26-2)19(12-16)27-3)17-6-5-10-25(14-17)20-13-21(28-4)23-15-22-20/h7-8,12-13,15,17H,5-6,9-11,14H2,1-4H3/t17-/m1/s1. The highest BCUT2D eigenvalue weighted by Crippen LogP contribution is 2.28. The molecule has 0 unspecified atom stereocenters. The van der Waals surface area contributed by atoms with Crippen LogP contribution in [0.4, 0.5) is 5.82 Å². The van der Waals surface area contributed by atoms with Crippen LogP contribution in [0.15, 0.2) is 30.6 Å². The molecule has 1 aliphatic heterocycles. The molecule has 2 heterocycles. The van der Waals surface area contributed by atoms with E-state index in [2.05, 4.69) is 38.9 Å². The average Bonchev–Trinajstić information content (AvgIpc) is 2.77. The maximum atomic E-state index is 5.41. The molecular formula is C21H30N4O3. The second kappa shape index (κ2) is 9.59. The number of nitrogens with zero attached hydrogens (tertiary/aromatic N) is 4. The number of benzene rings is 1. The predicted octanol–water partition coefficient (Wildman–Crippen LogP) is 2.65. The van der Waals surface area contributed by atoms with Crippen molar-refractivity contribution in [3.8, 4) is 17.4 Å². The molecule has 7 nitrogen and oxygen atoms in total. The second-order valence-electron chi connectivity index (χ2n) is 7.08. The van der Waals surface area contributed by atoms with Crippen molar-refractivity contribution in [1.82, 2.24) is 14.9 Å². The average molecular weight is 386 g/mol. The Balaban J connectivity index is 1.59. The summed E-state index contributed by atoms with van der Waals surface area (Å²) in [6.45, 7) is 2.96. The van der Waals surface area contributed by atoms with Gasteiger partial charge in [0, 0.05) is 31.7 Å². The van der Waals surface area contributed by atoms with Gasteiger partial charge in [0.15, 0.2) is 11.5 Å². The summed E-state index contributed by atoms with van der Waals surface area (Å²) in [5.41, 5.74) is 1.25. The van der Waals surface area contributed by atoms with E-state index in [1.54, 1.807) is 27.7 Å². The van der Waals surface area contributed by atoms with Crippen LogP contribution in [0, 0.1) is 0 Å². The van der Waals surface area contributed by atoms with E-state index in [0.717, 1.165) is 49.8 Å². The zero-order valence-electron chi connectivity index (χ0n) is 17.2. The summed E-state index contributed by atoms with van der Waals surface area (Å²) >= 11 is 0. The molecule has 1 aliphatic rings. The third kappa shape index (κ3) is 4.84. The Kier molecular flexibility index (Phi) is 6.92. The third-order valence-electron chi connectivity index (χ3n) is 5.38. The Morgan fingerprint density at radius 2 is 1.89 bits per heavy atom. The molecule has 7 heteroatoms. The van der Waals surface area contributed by atoms with Crippen molar-refractivity contribution in [2.45, 2.75) is 25.3 Å². The summed E-state index contributed by atoms with van der Waals surface area (Å²) in [5.74, 6) is 3.09. The van der Waals surface area contributed by atoms with Crippen LogP contribution >= 0.6 is 0 Å². The number of hydrogen-bond acceptors (Lipinski definition) is 7. The fourth-order valence-corrected chi connectivity index (χ4v) is 3.66. The van der Waals surface area contributed by atoms with Gasteiger partial charge in [0.2, 0.25) is 5.88 Å². The summed E-state index contributed by atoms with van der Waals surface area (Å²) in [7, 11) is 7.17. The SMILES string of the molecule is COc1cc(N2CCC[C@@H](N(C)CCc3ccc(OC)c(OC)c3)C2)ncn1. The van der Waals surface area contributed by atoms with E-state index in [1.165, 1.54) is 12.0 Å². The number of hydrogen-bond donors (Lipinski definition) is 0. The molecule has 2 aromatic rings. The van der Waals surface area contributed by atoms with Crippen molar-refractivity contribution in [1.29, 1.82) is 0 Å². The van der Waals surface area contributed by atoms with Crippen molar-refractivity contribution in [2.75, 3.05) is 52.9 Å². The Hall–Kier alpha value is -2.54. The summed E-state index contributed by atoms with van der Waals surface area (Å²) in [5, 5.41) is 0. The van der Waals surface area contributed by atoms with E-state index < -0.39 is 0 Å². The monoisotopic (exact) mass is 386 g/mol. The molecule has 0 saturated carbocycles. The van der Waals surface area contributed by atoms with Gasteiger partial charge >= 0.3 is 0 Å². The smallest absolute Gasteiger partial charge is 0.218 e. The molecule has 1 fully saturated rings. The number of likely N-dealkylation sites (N-methyl/N-ethyl adjacent to an activating group) is 1. The van der Waals surface area contributed by atoms with Crippen LogP contribution in [-0.2, 0) is 6.42 Å². The van der Waals surface area contributed by atoms with Crippen molar-refractivity contribution in [3.05, 3.63) is 36.2 Å². The number of aromatic nitrogens is 2. The number of rotatable bonds is 8. The van der Waals surface area contributed by atoms with Crippen LogP contribution in [0.25, 0.3) is 0 Å². The molecule has 28 heavy (non-hydrogen) atoms. The minimum Gasteiger partial charge on any atom is -0.493 e. The van der Waals surface area contributed by atoms with Gasteiger partial charge in [-0.15, -0.1) is 0 Å². The normalized spacial score (nSPS) is 16.9. The van der Waals surface area contributed by atoms with E-state index >= 15 is 0 Å². The van der Waals surface area contributed by atoms with Gasteiger partial charge in [-0.2, -0.15) is 0 Å². The lowest BCUT2D eigenvalue weighted by molar-refractivity contribution is 0.217. The van der Waals surface area contributed by atoms with Gasteiger partial charge < -0.3 is 24.0 Å². The zero-order chi connectivity index (χ0) is 19.9. The maximum Gasteiger partial charge on any atom is 0.218 e. The van der Waals surface area contributed by atoms with E-state index in [-0.39, 0.29) is 0 Å². The molecule has 1 saturated heterocycles. The van der Waals surface area contributed by atoms with Gasteiger partial charge in [-0.25, -0.2) is 9.97 Å². The summed E-state index contributed by atoms with van der Waals surface area (Å²) in [6, 6.07) is 8.54. The molecule has 1 aromatic carbocycles. The zero-order valence-corrected chi connectivity index (χ0v) is 17.2. The van der Waals surface area contributed by atoms with E-state index in [1.807, 2.05) is 12.1 Å². The Morgan fingerprint density at radius 3 is 2.64 bits per heavy atom. The number of ether oxygens (including phenoxy) is 3. The minimum absolute atomic E-state index is 0.495. The van der Waals surface area contributed by atoms with Crippen molar-refractivity contribution in [3.63, 3.8) is 0 Å². The highest BCUT2D eigenvalue weighted by molar-refractivity contribution is 5.43. The molecule has 0 bridgehead atoms. The van der Waals surface area contributed by atoms with Crippen LogP contribution in [0.3, 0.4) is 0 Å². The lowest BCUT2D eigenvalue weighted by atomic mass is 10.0. The number of methoxy groups -OCH3 is 3. The number of piperidine rings is 1. The van der Waals surface area contributed by atoms with Gasteiger partial charge in [-0.05, 0) is 44.0 Å². The maximum absolute atomic E-state index is 5.41. The molecule has 0 N–H and O–H groups in total. The first kappa shape index (κ1) is 20.2.